The molecule has 10 heteroatoms. The Morgan fingerprint density at radius 2 is 1.70 bits per heavy atom. The summed E-state index contributed by atoms with van der Waals surface area (Å²) in [6, 6.07) is 9.43. The molecular formula is C20H25N3O6S. The minimum absolute atomic E-state index is 0.105. The summed E-state index contributed by atoms with van der Waals surface area (Å²) < 4.78 is 32.2. The van der Waals surface area contributed by atoms with E-state index >= 15 is 0 Å². The highest BCUT2D eigenvalue weighted by Crippen LogP contribution is 2.29. The monoisotopic (exact) mass is 435 g/mol. The fraction of sp³-hybridized carbons (Fsp3) is 0.350. The average molecular weight is 436 g/mol. The van der Waals surface area contributed by atoms with Gasteiger partial charge in [0.1, 0.15) is 5.75 Å². The predicted molar refractivity (Wildman–Crippen MR) is 113 cm³/mol. The number of nitrogens with zero attached hydrogens (tertiary/aromatic N) is 2. The van der Waals surface area contributed by atoms with Crippen LogP contribution in [0.1, 0.15) is 37.0 Å². The number of hydrogen-bond donors (Lipinski definition) is 1. The summed E-state index contributed by atoms with van der Waals surface area (Å²) in [5.74, 6) is -0.278. The van der Waals surface area contributed by atoms with Gasteiger partial charge >= 0.3 is 0 Å². The molecule has 0 spiro atoms. The van der Waals surface area contributed by atoms with Crippen molar-refractivity contribution in [2.75, 3.05) is 25.5 Å². The van der Waals surface area contributed by atoms with Crippen LogP contribution in [0.5, 0.6) is 5.75 Å². The molecule has 2 aromatic rings. The van der Waals surface area contributed by atoms with Crippen molar-refractivity contribution >= 4 is 27.3 Å². The van der Waals surface area contributed by atoms with Crippen LogP contribution < -0.4 is 10.1 Å². The van der Waals surface area contributed by atoms with E-state index in [0.29, 0.717) is 25.9 Å². The van der Waals surface area contributed by atoms with E-state index in [2.05, 4.69) is 5.32 Å². The number of carbonyl (C=O) groups is 1. The van der Waals surface area contributed by atoms with Crippen molar-refractivity contribution in [3.63, 3.8) is 0 Å². The number of benzene rings is 2. The smallest absolute Gasteiger partial charge is 0.271 e. The van der Waals surface area contributed by atoms with E-state index in [0.717, 1.165) is 0 Å². The first-order valence-electron chi connectivity index (χ1n) is 9.48. The molecule has 1 amide bonds. The third-order valence-corrected chi connectivity index (χ3v) is 6.26. The Morgan fingerprint density at radius 3 is 2.20 bits per heavy atom. The molecule has 0 radical (unpaired) electrons. The SMILES string of the molecule is CCCN(CCC)S(=O)(=O)c1ccc(C(=O)Nc2cc([N+](=O)[O-])ccc2OC)cc1. The lowest BCUT2D eigenvalue weighted by atomic mass is 10.2. The molecule has 0 saturated heterocycles. The van der Waals surface area contributed by atoms with E-state index in [9.17, 15) is 23.3 Å². The van der Waals surface area contributed by atoms with Gasteiger partial charge in [0.2, 0.25) is 10.0 Å². The lowest BCUT2D eigenvalue weighted by molar-refractivity contribution is -0.384. The van der Waals surface area contributed by atoms with Gasteiger partial charge in [0.15, 0.2) is 0 Å². The highest BCUT2D eigenvalue weighted by atomic mass is 32.2. The Balaban J connectivity index is 2.25. The number of methoxy groups -OCH3 is 1. The fourth-order valence-corrected chi connectivity index (χ4v) is 4.50. The molecule has 1 N–H and O–H groups in total. The van der Waals surface area contributed by atoms with Crippen LogP contribution in [-0.2, 0) is 10.0 Å². The summed E-state index contributed by atoms with van der Waals surface area (Å²) in [7, 11) is -2.26. The predicted octanol–water partition coefficient (Wildman–Crippen LogP) is 3.67. The third kappa shape index (κ3) is 5.33. The van der Waals surface area contributed by atoms with Crippen LogP contribution >= 0.6 is 0 Å². The van der Waals surface area contributed by atoms with E-state index in [1.165, 1.54) is 53.9 Å². The van der Waals surface area contributed by atoms with Gasteiger partial charge < -0.3 is 10.1 Å². The molecule has 2 rings (SSSR count). The van der Waals surface area contributed by atoms with Gasteiger partial charge in [0.25, 0.3) is 11.6 Å². The molecule has 0 heterocycles. The first-order valence-corrected chi connectivity index (χ1v) is 10.9. The molecular weight excluding hydrogens is 410 g/mol. The number of nitro benzene ring substituents is 1. The molecule has 162 valence electrons. The lowest BCUT2D eigenvalue weighted by Crippen LogP contribution is -2.32. The number of amides is 1. The average Bonchev–Trinajstić information content (AvgIpc) is 2.73. The van der Waals surface area contributed by atoms with Gasteiger partial charge in [-0.2, -0.15) is 4.31 Å². The highest BCUT2D eigenvalue weighted by molar-refractivity contribution is 7.89. The highest BCUT2D eigenvalue weighted by Gasteiger charge is 2.23. The molecule has 0 aromatic heterocycles. The van der Waals surface area contributed by atoms with E-state index in [-0.39, 0.29) is 27.6 Å². The zero-order valence-electron chi connectivity index (χ0n) is 17.1. The number of anilines is 1. The Kier molecular flexibility index (Phi) is 7.90. The lowest BCUT2D eigenvalue weighted by Gasteiger charge is -2.21. The standard InChI is InChI=1S/C20H25N3O6S/c1-4-12-22(13-5-2)30(27,28)17-9-6-15(7-10-17)20(24)21-18-14-16(23(25)26)8-11-19(18)29-3/h6-11,14H,4-5,12-13H2,1-3H3,(H,21,24). The normalized spacial score (nSPS) is 11.3. The van der Waals surface area contributed by atoms with Gasteiger partial charge in [0, 0.05) is 30.8 Å². The number of nitro groups is 1. The van der Waals surface area contributed by atoms with Crippen molar-refractivity contribution in [2.24, 2.45) is 0 Å². The number of non-ortho nitro benzene ring substituents is 1. The van der Waals surface area contributed by atoms with Crippen molar-refractivity contribution < 1.29 is 22.9 Å². The summed E-state index contributed by atoms with van der Waals surface area (Å²) >= 11 is 0. The van der Waals surface area contributed by atoms with Gasteiger partial charge in [-0.05, 0) is 43.2 Å². The van der Waals surface area contributed by atoms with Crippen LogP contribution in [0.3, 0.4) is 0 Å². The molecule has 0 aliphatic rings. The summed E-state index contributed by atoms with van der Waals surface area (Å²) in [5, 5.41) is 13.5. The van der Waals surface area contributed by atoms with Gasteiger partial charge in [-0.3, -0.25) is 14.9 Å². The quantitative estimate of drug-likeness (QED) is 0.449. The molecule has 0 bridgehead atoms. The van der Waals surface area contributed by atoms with Crippen molar-refractivity contribution in [2.45, 2.75) is 31.6 Å². The minimum atomic E-state index is -3.65. The second-order valence-corrected chi connectivity index (χ2v) is 8.46. The van der Waals surface area contributed by atoms with Crippen LogP contribution in [0.2, 0.25) is 0 Å². The van der Waals surface area contributed by atoms with Crippen LogP contribution in [0.25, 0.3) is 0 Å². The second-order valence-electron chi connectivity index (χ2n) is 6.52. The molecule has 0 saturated carbocycles. The maximum Gasteiger partial charge on any atom is 0.271 e. The first-order chi connectivity index (χ1) is 14.2. The Labute approximate surface area is 175 Å². The number of rotatable bonds is 10. The zero-order valence-corrected chi connectivity index (χ0v) is 17.9. The van der Waals surface area contributed by atoms with Crippen molar-refractivity contribution in [3.05, 3.63) is 58.1 Å². The zero-order chi connectivity index (χ0) is 22.3. The van der Waals surface area contributed by atoms with Gasteiger partial charge in [-0.15, -0.1) is 0 Å². The number of carbonyl (C=O) groups excluding carboxylic acids is 1. The first kappa shape index (κ1) is 23.3. The van der Waals surface area contributed by atoms with Gasteiger partial charge in [-0.1, -0.05) is 13.8 Å². The van der Waals surface area contributed by atoms with Crippen molar-refractivity contribution in [1.82, 2.24) is 4.31 Å². The summed E-state index contributed by atoms with van der Waals surface area (Å²) in [4.78, 5) is 23.1. The fourth-order valence-electron chi connectivity index (χ4n) is 2.88. The van der Waals surface area contributed by atoms with Crippen LogP contribution in [-0.4, -0.2) is 43.8 Å². The van der Waals surface area contributed by atoms with Gasteiger partial charge in [0.05, 0.1) is 22.6 Å². The molecule has 0 aliphatic heterocycles. The maximum atomic E-state index is 12.8. The second kappa shape index (κ2) is 10.2. The molecule has 0 aliphatic carbocycles. The van der Waals surface area contributed by atoms with Crippen LogP contribution in [0, 0.1) is 10.1 Å². The number of nitrogens with one attached hydrogen (secondary N) is 1. The largest absolute Gasteiger partial charge is 0.495 e. The molecule has 9 nitrogen and oxygen atoms in total. The van der Waals surface area contributed by atoms with E-state index in [1.807, 2.05) is 13.8 Å². The van der Waals surface area contributed by atoms with E-state index in [1.54, 1.807) is 0 Å². The summed E-state index contributed by atoms with van der Waals surface area (Å²) in [5.41, 5.74) is 0.157. The van der Waals surface area contributed by atoms with Gasteiger partial charge in [-0.25, -0.2) is 8.42 Å². The van der Waals surface area contributed by atoms with Crippen LogP contribution in [0.15, 0.2) is 47.4 Å². The number of sulfonamides is 1. The molecule has 0 fully saturated rings. The van der Waals surface area contributed by atoms with E-state index < -0.39 is 20.9 Å². The summed E-state index contributed by atoms with van der Waals surface area (Å²) in [6.45, 7) is 4.66. The molecule has 0 atom stereocenters. The Bertz CT molecular complexity index is 1000. The summed E-state index contributed by atoms with van der Waals surface area (Å²) in [6.07, 6.45) is 1.40. The van der Waals surface area contributed by atoms with Crippen molar-refractivity contribution in [1.29, 1.82) is 0 Å². The minimum Gasteiger partial charge on any atom is -0.495 e. The van der Waals surface area contributed by atoms with E-state index in [4.69, 9.17) is 4.74 Å². The molecule has 0 unspecified atom stereocenters. The topological polar surface area (TPSA) is 119 Å². The molecule has 2 aromatic carbocycles. The number of hydrogen-bond acceptors (Lipinski definition) is 6. The van der Waals surface area contributed by atoms with Crippen molar-refractivity contribution in [3.8, 4) is 5.75 Å². The maximum absolute atomic E-state index is 12.8. The Hall–Kier alpha value is -2.98. The number of ether oxygens (including phenoxy) is 1. The third-order valence-electron chi connectivity index (χ3n) is 4.34. The van der Waals surface area contributed by atoms with Crippen LogP contribution in [0.4, 0.5) is 11.4 Å². The molecule has 30 heavy (non-hydrogen) atoms. The Morgan fingerprint density at radius 1 is 1.10 bits per heavy atom.